The van der Waals surface area contributed by atoms with Crippen LogP contribution in [0.4, 0.5) is 16.4 Å². The maximum absolute atomic E-state index is 14.4. The van der Waals surface area contributed by atoms with Crippen molar-refractivity contribution in [2.24, 2.45) is 5.92 Å². The Bertz CT molecular complexity index is 2620. The fourth-order valence-corrected chi connectivity index (χ4v) is 8.45. The molecule has 0 radical (unpaired) electrons. The summed E-state index contributed by atoms with van der Waals surface area (Å²) in [4.78, 5) is 68.6. The van der Waals surface area contributed by atoms with Crippen LogP contribution in [0, 0.1) is 5.92 Å². The molecule has 10 rings (SSSR count). The van der Waals surface area contributed by atoms with Crippen LogP contribution < -0.4 is 21.1 Å². The molecule has 2 unspecified atom stereocenters. The van der Waals surface area contributed by atoms with Crippen molar-refractivity contribution in [3.63, 3.8) is 0 Å². The van der Waals surface area contributed by atoms with Gasteiger partial charge in [0.05, 0.1) is 24.5 Å². The number of aromatic amines is 2. The highest BCUT2D eigenvalue weighted by Gasteiger charge is 2.38. The largest absolute Gasteiger partial charge is 0.438 e. The molecule has 15 heteroatoms. The smallest absolute Gasteiger partial charge is 0.381 e. The van der Waals surface area contributed by atoms with E-state index in [-0.39, 0.29) is 36.6 Å². The van der Waals surface area contributed by atoms with Crippen LogP contribution in [0.15, 0.2) is 93.0 Å². The van der Waals surface area contributed by atoms with Gasteiger partial charge in [0.25, 0.3) is 11.5 Å². The third kappa shape index (κ3) is 7.58. The molecular formula is C44H46N8O7. The van der Waals surface area contributed by atoms with E-state index < -0.39 is 5.76 Å². The molecule has 0 bridgehead atoms. The monoisotopic (exact) mass is 798 g/mol. The van der Waals surface area contributed by atoms with Gasteiger partial charge in [0.1, 0.15) is 5.69 Å². The van der Waals surface area contributed by atoms with E-state index in [4.69, 9.17) is 14.5 Å². The highest BCUT2D eigenvalue weighted by atomic mass is 16.5. The minimum Gasteiger partial charge on any atom is -0.381 e. The zero-order valence-corrected chi connectivity index (χ0v) is 33.1. The summed E-state index contributed by atoms with van der Waals surface area (Å²) >= 11 is 0. The van der Waals surface area contributed by atoms with Crippen molar-refractivity contribution in [1.29, 1.82) is 0 Å². The molecule has 3 amide bonds. The second kappa shape index (κ2) is 16.1. The Balaban J connectivity index is 0.000000390. The molecule has 4 aliphatic rings. The lowest BCUT2D eigenvalue weighted by atomic mass is 9.91. The van der Waals surface area contributed by atoms with Gasteiger partial charge in [-0.2, -0.15) is 0 Å². The lowest BCUT2D eigenvalue weighted by Crippen LogP contribution is -2.43. The summed E-state index contributed by atoms with van der Waals surface area (Å²) in [5.41, 5.74) is 5.67. The molecule has 59 heavy (non-hydrogen) atoms. The number of anilines is 2. The fraction of sp³-hybridized carbons (Fsp3) is 0.364. The standard InChI is InChI=1S/C38H38N6O5.C6H8N2O2/c1-48-24-27-7-5-6-10-34(27)44-35(45)30-13-16-41(23-33(30)40-37(44)43-18-17-42(38(43)47)29-8-3-2-4-9-29)36(46)32-22-28-21-26(11-12-31(28)39-32)25-14-19-49-20-15-25;1-3-2-4(3)5-7-6(9)10-8-5/h2-12,21-22,25,39H,13-20,23-24H2,1H3;3-4H,2H2,1H3,(H,7,8,9). The van der Waals surface area contributed by atoms with Crippen LogP contribution in [0.5, 0.6) is 0 Å². The van der Waals surface area contributed by atoms with E-state index >= 15 is 0 Å². The molecule has 3 aromatic carbocycles. The number of hydrogen-bond donors (Lipinski definition) is 2. The average Bonchev–Trinajstić information content (AvgIpc) is 3.55. The number of carbonyl (C=O) groups excluding carboxylic acids is 2. The second-order valence-electron chi connectivity index (χ2n) is 15.7. The van der Waals surface area contributed by atoms with Crippen molar-refractivity contribution in [1.82, 2.24) is 29.6 Å². The number of methoxy groups -OCH3 is 1. The van der Waals surface area contributed by atoms with Crippen molar-refractivity contribution >= 4 is 34.5 Å². The Hall–Kier alpha value is -6.32. The van der Waals surface area contributed by atoms with Gasteiger partial charge in [-0.15, -0.1) is 0 Å². The zero-order valence-electron chi connectivity index (χ0n) is 33.1. The van der Waals surface area contributed by atoms with Gasteiger partial charge >= 0.3 is 11.8 Å². The summed E-state index contributed by atoms with van der Waals surface area (Å²) in [6.45, 7) is 5.26. The van der Waals surface area contributed by atoms with Gasteiger partial charge in [0.15, 0.2) is 5.82 Å². The Morgan fingerprint density at radius 2 is 1.68 bits per heavy atom. The van der Waals surface area contributed by atoms with Crippen molar-refractivity contribution in [3.8, 4) is 5.69 Å². The molecular weight excluding hydrogens is 753 g/mol. The second-order valence-corrected chi connectivity index (χ2v) is 15.7. The summed E-state index contributed by atoms with van der Waals surface area (Å²) < 4.78 is 16.9. The predicted octanol–water partition coefficient (Wildman–Crippen LogP) is 5.89. The summed E-state index contributed by atoms with van der Waals surface area (Å²) in [6, 6.07) is 25.0. The molecule has 3 aromatic heterocycles. The zero-order chi connectivity index (χ0) is 40.6. The molecule has 1 aliphatic carbocycles. The lowest BCUT2D eigenvalue weighted by molar-refractivity contribution is 0.0726. The number of nitrogens with zero attached hydrogens (tertiary/aromatic N) is 6. The molecule has 3 fully saturated rings. The van der Waals surface area contributed by atoms with Gasteiger partial charge in [0.2, 0.25) is 5.95 Å². The molecule has 2 saturated heterocycles. The van der Waals surface area contributed by atoms with Crippen molar-refractivity contribution in [2.75, 3.05) is 49.8 Å². The number of urea groups is 1. The highest BCUT2D eigenvalue weighted by molar-refractivity contribution is 6.05. The van der Waals surface area contributed by atoms with Crippen LogP contribution in [-0.2, 0) is 29.0 Å². The summed E-state index contributed by atoms with van der Waals surface area (Å²) in [6.07, 6.45) is 3.45. The van der Waals surface area contributed by atoms with Crippen LogP contribution in [0.2, 0.25) is 0 Å². The SMILES string of the molecule is CC1CC1c1noc(=O)[nH]1.COCc1ccccc1-n1c(N2CCN(c3ccccc3)C2=O)nc2c(c1=O)CCN(C(=O)c1cc3cc(C4CCOCC4)ccc3[nH]1)C2. The van der Waals surface area contributed by atoms with Crippen LogP contribution in [0.3, 0.4) is 0 Å². The molecule has 2 atom stereocenters. The maximum Gasteiger partial charge on any atom is 0.438 e. The number of ether oxygens (including phenoxy) is 2. The normalized spacial score (nSPS) is 19.2. The first-order chi connectivity index (χ1) is 28.8. The third-order valence-corrected chi connectivity index (χ3v) is 11.8. The average molecular weight is 799 g/mol. The molecule has 3 aliphatic heterocycles. The van der Waals surface area contributed by atoms with Gasteiger partial charge < -0.3 is 19.4 Å². The first kappa shape index (κ1) is 38.2. The maximum atomic E-state index is 14.4. The molecule has 2 N–H and O–H groups in total. The first-order valence-corrected chi connectivity index (χ1v) is 20.2. The lowest BCUT2D eigenvalue weighted by Gasteiger charge is -2.30. The summed E-state index contributed by atoms with van der Waals surface area (Å²) in [7, 11) is 1.61. The quantitative estimate of drug-likeness (QED) is 0.191. The van der Waals surface area contributed by atoms with Gasteiger partial charge in [0, 0.05) is 73.6 Å². The van der Waals surface area contributed by atoms with Crippen molar-refractivity contribution in [3.05, 3.63) is 134 Å². The molecule has 0 spiro atoms. The number of carbonyl (C=O) groups is 2. The fourth-order valence-electron chi connectivity index (χ4n) is 8.45. The number of nitrogens with one attached hydrogen (secondary N) is 2. The van der Waals surface area contributed by atoms with E-state index in [1.54, 1.807) is 26.4 Å². The Morgan fingerprint density at radius 3 is 2.42 bits per heavy atom. The van der Waals surface area contributed by atoms with Gasteiger partial charge in [-0.1, -0.05) is 54.5 Å². The van der Waals surface area contributed by atoms with Gasteiger partial charge in [-0.05, 0) is 79.5 Å². The minimum absolute atomic E-state index is 0.153. The van der Waals surface area contributed by atoms with Crippen LogP contribution in [0.25, 0.3) is 16.6 Å². The molecule has 304 valence electrons. The van der Waals surface area contributed by atoms with Crippen molar-refractivity contribution in [2.45, 2.75) is 57.6 Å². The van der Waals surface area contributed by atoms with E-state index in [1.165, 1.54) is 5.56 Å². The van der Waals surface area contributed by atoms with E-state index in [2.05, 4.69) is 38.7 Å². The van der Waals surface area contributed by atoms with E-state index in [9.17, 15) is 19.2 Å². The van der Waals surface area contributed by atoms with Gasteiger partial charge in [-0.25, -0.2) is 19.1 Å². The number of rotatable bonds is 8. The number of fused-ring (bicyclic) bond motifs is 2. The van der Waals surface area contributed by atoms with Crippen LogP contribution in [-0.4, -0.2) is 81.5 Å². The predicted molar refractivity (Wildman–Crippen MR) is 220 cm³/mol. The number of amides is 3. The Kier molecular flexibility index (Phi) is 10.5. The number of para-hydroxylation sites is 2. The summed E-state index contributed by atoms with van der Waals surface area (Å²) in [5.74, 6) is 1.88. The third-order valence-electron chi connectivity index (χ3n) is 11.8. The van der Waals surface area contributed by atoms with Crippen molar-refractivity contribution < 1.29 is 23.6 Å². The van der Waals surface area contributed by atoms with E-state index in [1.807, 2.05) is 66.7 Å². The van der Waals surface area contributed by atoms with E-state index in [0.717, 1.165) is 54.6 Å². The Morgan fingerprint density at radius 1 is 0.915 bits per heavy atom. The molecule has 1 saturated carbocycles. The summed E-state index contributed by atoms with van der Waals surface area (Å²) in [5, 5.41) is 4.58. The highest BCUT2D eigenvalue weighted by Crippen LogP contribution is 2.44. The molecule has 15 nitrogen and oxygen atoms in total. The van der Waals surface area contributed by atoms with Crippen LogP contribution in [0.1, 0.15) is 76.7 Å². The number of benzene rings is 3. The van der Waals surface area contributed by atoms with Gasteiger partial charge in [-0.3, -0.25) is 28.9 Å². The molecule has 6 aromatic rings. The number of aromatic nitrogens is 5. The molecule has 6 heterocycles. The topological polar surface area (TPSA) is 172 Å². The van der Waals surface area contributed by atoms with E-state index in [0.29, 0.717) is 72.3 Å². The first-order valence-electron chi connectivity index (χ1n) is 20.2. The minimum atomic E-state index is -0.450. The number of H-pyrrole nitrogens is 2. The number of hydrogen-bond acceptors (Lipinski definition) is 9. The van der Waals surface area contributed by atoms with Crippen LogP contribution >= 0.6 is 0 Å². The Labute approximate surface area is 339 Å².